The Morgan fingerprint density at radius 3 is 2.55 bits per heavy atom. The zero-order valence-corrected chi connectivity index (χ0v) is 11.0. The van der Waals surface area contributed by atoms with E-state index >= 15 is 0 Å². The van der Waals surface area contributed by atoms with Crippen LogP contribution in [0.15, 0.2) is 24.3 Å². The fourth-order valence-electron chi connectivity index (χ4n) is 1.82. The van der Waals surface area contributed by atoms with Crippen molar-refractivity contribution >= 4 is 5.97 Å². The lowest BCUT2D eigenvalue weighted by Crippen LogP contribution is -2.36. The van der Waals surface area contributed by atoms with Crippen LogP contribution < -0.4 is 0 Å². The number of carbonyl (C=O) groups is 1. The quantitative estimate of drug-likeness (QED) is 0.812. The van der Waals surface area contributed by atoms with Crippen molar-refractivity contribution in [3.8, 4) is 0 Å². The zero-order chi connectivity index (χ0) is 15.2. The number of carbonyl (C=O) groups excluding carboxylic acids is 1. The molecule has 0 aliphatic rings. The number of esters is 1. The average molecular weight is 291 g/mol. The van der Waals surface area contributed by atoms with Crippen LogP contribution in [-0.4, -0.2) is 49.0 Å². The minimum absolute atomic E-state index is 0.0919. The van der Waals surface area contributed by atoms with Crippen LogP contribution in [0.3, 0.4) is 0 Å². The molecule has 0 amide bonds. The number of rotatable bonds is 6. The Kier molecular flexibility index (Phi) is 5.97. The fourth-order valence-corrected chi connectivity index (χ4v) is 1.82. The van der Waals surface area contributed by atoms with Crippen molar-refractivity contribution < 1.29 is 27.8 Å². The number of benzene rings is 1. The van der Waals surface area contributed by atoms with Crippen LogP contribution in [0.5, 0.6) is 0 Å². The molecule has 0 aliphatic heterocycles. The summed E-state index contributed by atoms with van der Waals surface area (Å²) in [4.78, 5) is 12.6. The molecule has 0 saturated carbocycles. The van der Waals surface area contributed by atoms with E-state index in [0.29, 0.717) is 5.56 Å². The zero-order valence-electron chi connectivity index (χ0n) is 11.0. The lowest BCUT2D eigenvalue weighted by atomic mass is 10.1. The van der Waals surface area contributed by atoms with Crippen molar-refractivity contribution in [1.29, 1.82) is 0 Å². The van der Waals surface area contributed by atoms with Crippen LogP contribution in [0.25, 0.3) is 0 Å². The number of halogens is 3. The Labute approximate surface area is 114 Å². The number of hydrogen-bond donors (Lipinski definition) is 1. The third-order valence-electron chi connectivity index (χ3n) is 2.64. The summed E-state index contributed by atoms with van der Waals surface area (Å²) in [6.45, 7) is -1.76. The van der Waals surface area contributed by atoms with E-state index in [4.69, 9.17) is 5.11 Å². The minimum Gasteiger partial charge on any atom is -0.465 e. The average Bonchev–Trinajstić information content (AvgIpc) is 2.37. The van der Waals surface area contributed by atoms with E-state index in [1.54, 1.807) is 18.2 Å². The third kappa shape index (κ3) is 5.18. The third-order valence-corrected chi connectivity index (χ3v) is 2.64. The second-order valence-electron chi connectivity index (χ2n) is 4.20. The van der Waals surface area contributed by atoms with Gasteiger partial charge in [0.05, 0.1) is 25.8 Å². The Morgan fingerprint density at radius 1 is 1.35 bits per heavy atom. The molecule has 0 saturated heterocycles. The maximum Gasteiger partial charge on any atom is 0.401 e. The molecule has 0 atom stereocenters. The topological polar surface area (TPSA) is 49.8 Å². The van der Waals surface area contributed by atoms with E-state index in [2.05, 4.69) is 4.74 Å². The maximum absolute atomic E-state index is 12.4. The molecule has 0 bridgehead atoms. The first kappa shape index (κ1) is 16.5. The van der Waals surface area contributed by atoms with Crippen LogP contribution in [0.4, 0.5) is 13.2 Å². The van der Waals surface area contributed by atoms with E-state index < -0.39 is 25.3 Å². The molecule has 0 aliphatic carbocycles. The van der Waals surface area contributed by atoms with Crippen molar-refractivity contribution in [3.63, 3.8) is 0 Å². The molecular weight excluding hydrogens is 275 g/mol. The number of ether oxygens (including phenoxy) is 1. The second kappa shape index (κ2) is 7.25. The van der Waals surface area contributed by atoms with Gasteiger partial charge in [-0.25, -0.2) is 4.79 Å². The van der Waals surface area contributed by atoms with Gasteiger partial charge in [0.2, 0.25) is 0 Å². The normalized spacial score (nSPS) is 11.7. The fraction of sp³-hybridized carbons (Fsp3) is 0.462. The first-order valence-electron chi connectivity index (χ1n) is 5.93. The predicted octanol–water partition coefficient (Wildman–Crippen LogP) is 1.83. The van der Waals surface area contributed by atoms with Gasteiger partial charge < -0.3 is 9.84 Å². The highest BCUT2D eigenvalue weighted by Crippen LogP contribution is 2.19. The molecule has 20 heavy (non-hydrogen) atoms. The molecule has 1 rings (SSSR count). The molecule has 7 heteroatoms. The summed E-state index contributed by atoms with van der Waals surface area (Å²) in [5.41, 5.74) is 0.650. The van der Waals surface area contributed by atoms with Gasteiger partial charge >= 0.3 is 12.1 Å². The predicted molar refractivity (Wildman–Crippen MR) is 66.2 cm³/mol. The van der Waals surface area contributed by atoms with Gasteiger partial charge in [-0.1, -0.05) is 18.2 Å². The van der Waals surface area contributed by atoms with Crippen LogP contribution >= 0.6 is 0 Å². The smallest absolute Gasteiger partial charge is 0.401 e. The van der Waals surface area contributed by atoms with Gasteiger partial charge in [-0.3, -0.25) is 4.90 Å². The van der Waals surface area contributed by atoms with Crippen LogP contribution in [0.2, 0.25) is 0 Å². The summed E-state index contributed by atoms with van der Waals surface area (Å²) in [6, 6.07) is 6.29. The van der Waals surface area contributed by atoms with E-state index in [9.17, 15) is 18.0 Å². The molecule has 1 aromatic rings. The van der Waals surface area contributed by atoms with Gasteiger partial charge in [0.1, 0.15) is 0 Å². The van der Waals surface area contributed by atoms with Gasteiger partial charge in [0, 0.05) is 13.1 Å². The van der Waals surface area contributed by atoms with Gasteiger partial charge in [-0.15, -0.1) is 0 Å². The molecule has 112 valence electrons. The van der Waals surface area contributed by atoms with E-state index in [0.717, 1.165) is 4.90 Å². The lowest BCUT2D eigenvalue weighted by molar-refractivity contribution is -0.147. The highest BCUT2D eigenvalue weighted by atomic mass is 19.4. The Bertz CT molecular complexity index is 449. The summed E-state index contributed by atoms with van der Waals surface area (Å²) >= 11 is 0. The van der Waals surface area contributed by atoms with E-state index in [1.807, 2.05) is 0 Å². The Balaban J connectivity index is 2.90. The van der Waals surface area contributed by atoms with E-state index in [1.165, 1.54) is 13.2 Å². The summed E-state index contributed by atoms with van der Waals surface area (Å²) in [7, 11) is 1.21. The van der Waals surface area contributed by atoms with E-state index in [-0.39, 0.29) is 18.7 Å². The highest BCUT2D eigenvalue weighted by Gasteiger charge is 2.30. The standard InChI is InChI=1S/C13H16F3NO3/c1-20-12(19)11-5-3-2-4-10(11)8-17(6-7-18)9-13(14,15)16/h2-5,18H,6-9H2,1H3. The molecular formula is C13H16F3NO3. The number of alkyl halides is 3. The van der Waals surface area contributed by atoms with Gasteiger partial charge in [0.25, 0.3) is 0 Å². The highest BCUT2D eigenvalue weighted by molar-refractivity contribution is 5.90. The van der Waals surface area contributed by atoms with Crippen molar-refractivity contribution in [3.05, 3.63) is 35.4 Å². The van der Waals surface area contributed by atoms with Crippen LogP contribution in [-0.2, 0) is 11.3 Å². The largest absolute Gasteiger partial charge is 0.465 e. The molecule has 0 unspecified atom stereocenters. The summed E-state index contributed by atoms with van der Waals surface area (Å²) in [5.74, 6) is -0.600. The van der Waals surface area contributed by atoms with Gasteiger partial charge in [0.15, 0.2) is 0 Å². The number of nitrogens with zero attached hydrogens (tertiary/aromatic N) is 1. The Morgan fingerprint density at radius 2 is 2.00 bits per heavy atom. The van der Waals surface area contributed by atoms with Gasteiger partial charge in [-0.05, 0) is 11.6 Å². The molecule has 1 aromatic carbocycles. The Hall–Kier alpha value is -1.60. The summed E-state index contributed by atoms with van der Waals surface area (Å²) in [5, 5.41) is 8.84. The molecule has 0 aromatic heterocycles. The minimum atomic E-state index is -4.37. The number of methoxy groups -OCH3 is 1. The van der Waals surface area contributed by atoms with Crippen molar-refractivity contribution in [2.75, 3.05) is 26.8 Å². The molecule has 0 fully saturated rings. The molecule has 4 nitrogen and oxygen atoms in total. The first-order valence-corrected chi connectivity index (χ1v) is 5.93. The number of aliphatic hydroxyl groups excluding tert-OH is 1. The van der Waals surface area contributed by atoms with Crippen molar-refractivity contribution in [2.45, 2.75) is 12.7 Å². The molecule has 0 radical (unpaired) electrons. The van der Waals surface area contributed by atoms with Crippen LogP contribution in [0.1, 0.15) is 15.9 Å². The summed E-state index contributed by atoms with van der Waals surface area (Å²) in [6.07, 6.45) is -4.37. The first-order chi connectivity index (χ1) is 9.37. The maximum atomic E-state index is 12.4. The SMILES string of the molecule is COC(=O)c1ccccc1CN(CCO)CC(F)(F)F. The second-order valence-corrected chi connectivity index (χ2v) is 4.20. The number of hydrogen-bond acceptors (Lipinski definition) is 4. The van der Waals surface area contributed by atoms with Crippen molar-refractivity contribution in [1.82, 2.24) is 4.90 Å². The number of aliphatic hydroxyl groups is 1. The molecule has 0 heterocycles. The van der Waals surface area contributed by atoms with Crippen molar-refractivity contribution in [2.24, 2.45) is 0 Å². The van der Waals surface area contributed by atoms with Crippen LogP contribution in [0, 0.1) is 0 Å². The molecule has 0 spiro atoms. The molecule has 1 N–H and O–H groups in total. The lowest BCUT2D eigenvalue weighted by Gasteiger charge is -2.23. The summed E-state index contributed by atoms with van der Waals surface area (Å²) < 4.78 is 41.9. The van der Waals surface area contributed by atoms with Gasteiger partial charge in [-0.2, -0.15) is 13.2 Å². The monoisotopic (exact) mass is 291 g/mol.